The Morgan fingerprint density at radius 3 is 0.491 bits per heavy atom. The van der Waals surface area contributed by atoms with Gasteiger partial charge in [-0.3, -0.25) is 0 Å². The Morgan fingerprint density at radius 2 is 0.368 bits per heavy atom. The van der Waals surface area contributed by atoms with Crippen molar-refractivity contribution in [2.24, 2.45) is 0 Å². The molecule has 0 amide bonds. The van der Waals surface area contributed by atoms with Crippen molar-refractivity contribution in [1.82, 2.24) is 0 Å². The summed E-state index contributed by atoms with van der Waals surface area (Å²) < 4.78 is 208. The molecular formula is C26H56Mo6NO24-11. The van der Waals surface area contributed by atoms with Gasteiger partial charge >= 0.3 is 186 Å². The quantitative estimate of drug-likeness (QED) is 0.0552. The predicted octanol–water partition coefficient (Wildman–Crippen LogP) is -6.80. The molecule has 25 nitrogen and oxygen atoms in total. The van der Waals surface area contributed by atoms with Gasteiger partial charge in [0.2, 0.25) is 0 Å². The van der Waals surface area contributed by atoms with Crippen LogP contribution >= 0.6 is 0 Å². The molecule has 0 aliphatic carbocycles. The molecule has 0 aromatic heterocycles. The van der Waals surface area contributed by atoms with Gasteiger partial charge in [0.15, 0.2) is 0 Å². The molecule has 0 heterocycles. The molecule has 0 atom stereocenters. The topological polar surface area (TPSA) is 482 Å². The second-order valence-corrected chi connectivity index (χ2v) is 24.2. The molecule has 0 N–H and O–H groups in total. The fourth-order valence-corrected chi connectivity index (χ4v) is 4.17. The average molecular weight is 1340 g/mol. The Morgan fingerprint density at radius 1 is 0.263 bits per heavy atom. The maximum atomic E-state index is 8.63. The van der Waals surface area contributed by atoms with Gasteiger partial charge in [0.25, 0.3) is 0 Å². The van der Waals surface area contributed by atoms with Gasteiger partial charge in [-0.05, 0) is 25.7 Å². The van der Waals surface area contributed by atoms with E-state index in [4.69, 9.17) is 85.9 Å². The van der Waals surface area contributed by atoms with E-state index in [0.717, 1.165) is 0 Å². The van der Waals surface area contributed by atoms with E-state index in [1.165, 1.54) is 146 Å². The van der Waals surface area contributed by atoms with E-state index in [0.29, 0.717) is 0 Å². The van der Waals surface area contributed by atoms with Crippen LogP contribution in [0.4, 0.5) is 0 Å². The summed E-state index contributed by atoms with van der Waals surface area (Å²) in [5, 5.41) is 0. The Kier molecular flexibility index (Phi) is 54.2. The first-order valence-corrected chi connectivity index (χ1v) is 36.6. The summed E-state index contributed by atoms with van der Waals surface area (Å²) >= 11 is -36.1. The summed E-state index contributed by atoms with van der Waals surface area (Å²) in [7, 11) is 4.89. The minimum absolute atomic E-state index is 1.24. The van der Waals surface area contributed by atoms with Crippen LogP contribution in [0.15, 0.2) is 0 Å². The van der Waals surface area contributed by atoms with Crippen LogP contribution in [0.3, 0.4) is 0 Å². The standard InChI is InChI=1S/C26H56N.6Mo.24O/c1-5-7-9-11-13-15-17-19-21-23-25-27(3,4)26-24-22-20-18-16-14-12-10-8-6-2;;;;;;;;;;;;;;;;;;;;;;;;;;;;;;/h5-26H2,1-4H3;;;;;;;;;;;;;;;;;;;;;;;;;;;;;;/q+1;;;;;;;;;;;;;;;;;;;12*-1. The SMILES string of the molecule is CCCCCCCCCCCC[N+](C)(C)CCCCCCCCCCCC.[O]=[Mo](=[O])([O-])[O-].[O]=[Mo](=[O])([O-])[O-].[O]=[Mo](=[O])([O-])[O-].[O]=[Mo](=[O])([O-])[O-].[O]=[Mo](=[O])([O-])[O-].[O]=[Mo](=[O])([O-])[O-]. The average Bonchev–Trinajstić information content (AvgIpc) is 2.90. The molecule has 0 aromatic carbocycles. The summed E-state index contributed by atoms with van der Waals surface area (Å²) in [6, 6.07) is 0. The molecule has 0 unspecified atom stereocenters. The Labute approximate surface area is 356 Å². The summed E-state index contributed by atoms with van der Waals surface area (Å²) in [6.07, 6.45) is 29.0. The Balaban J connectivity index is -0.000000133. The Hall–Kier alpha value is 1.21. The molecule has 0 radical (unpaired) electrons. The zero-order valence-corrected chi connectivity index (χ0v) is 44.3. The third-order valence-electron chi connectivity index (χ3n) is 6.23. The van der Waals surface area contributed by atoms with Gasteiger partial charge in [-0.15, -0.1) is 0 Å². The number of quaternary nitrogens is 1. The van der Waals surface area contributed by atoms with Crippen LogP contribution in [0.2, 0.25) is 0 Å². The summed E-state index contributed by atoms with van der Waals surface area (Å²) in [6.45, 7) is 7.37. The predicted molar refractivity (Wildman–Crippen MR) is 134 cm³/mol. The number of hydrogen-bond donors (Lipinski definition) is 0. The van der Waals surface area contributed by atoms with Gasteiger partial charge in [-0.25, -0.2) is 0 Å². The van der Waals surface area contributed by atoms with E-state index in [-0.39, 0.29) is 0 Å². The van der Waals surface area contributed by atoms with Gasteiger partial charge in [0.1, 0.15) is 0 Å². The van der Waals surface area contributed by atoms with Crippen LogP contribution in [0.1, 0.15) is 142 Å². The summed E-state index contributed by atoms with van der Waals surface area (Å²) in [5.74, 6) is 0. The van der Waals surface area contributed by atoms with E-state index in [1.54, 1.807) is 0 Å². The number of nitrogens with zero attached hydrogens (tertiary/aromatic N) is 1. The van der Waals surface area contributed by atoms with E-state index >= 15 is 0 Å². The molecule has 0 saturated heterocycles. The van der Waals surface area contributed by atoms with Gasteiger partial charge in [-0.2, -0.15) is 0 Å². The summed E-state index contributed by atoms with van der Waals surface area (Å²) in [4.78, 5) is 0. The zero-order valence-electron chi connectivity index (χ0n) is 32.3. The zero-order chi connectivity index (χ0) is 47.1. The third kappa shape index (κ3) is 236. The van der Waals surface area contributed by atoms with E-state index < -0.39 is 100 Å². The van der Waals surface area contributed by atoms with Crippen LogP contribution in [0, 0.1) is 0 Å². The molecule has 0 rings (SSSR count). The molecule has 0 aliphatic rings. The normalized spacial score (nSPS) is 11.8. The van der Waals surface area contributed by atoms with Crippen LogP contribution in [-0.2, 0) is 141 Å². The van der Waals surface area contributed by atoms with Crippen molar-refractivity contribution in [1.29, 1.82) is 0 Å². The van der Waals surface area contributed by atoms with Crippen molar-refractivity contribution in [3.8, 4) is 0 Å². The van der Waals surface area contributed by atoms with Crippen molar-refractivity contribution >= 4 is 0 Å². The second kappa shape index (κ2) is 42.5. The fourth-order valence-electron chi connectivity index (χ4n) is 4.17. The van der Waals surface area contributed by atoms with Crippen LogP contribution in [-0.4, -0.2) is 31.7 Å². The van der Waals surface area contributed by atoms with E-state index in [2.05, 4.69) is 27.9 Å². The van der Waals surface area contributed by atoms with Crippen LogP contribution in [0.5, 0.6) is 0 Å². The molecule has 0 fully saturated rings. The van der Waals surface area contributed by atoms with Gasteiger partial charge < -0.3 is 4.48 Å². The van der Waals surface area contributed by atoms with Gasteiger partial charge in [-0.1, -0.05) is 117 Å². The monoisotopic (exact) mass is 1350 g/mol. The van der Waals surface area contributed by atoms with Crippen molar-refractivity contribution in [3.63, 3.8) is 0 Å². The first-order chi connectivity index (χ1) is 25.1. The molecule has 0 spiro atoms. The molecular weight excluding hydrogens is 1290 g/mol. The molecule has 356 valence electrons. The molecule has 0 aliphatic heterocycles. The second-order valence-electron chi connectivity index (χ2n) is 12.2. The number of unbranched alkanes of at least 4 members (excludes halogenated alkanes) is 18. The maximum absolute atomic E-state index is 8.63. The van der Waals surface area contributed by atoms with Crippen LogP contribution < -0.4 is 45.1 Å². The fraction of sp³-hybridized carbons (Fsp3) is 1.00. The van der Waals surface area contributed by atoms with Crippen LogP contribution in [0.25, 0.3) is 0 Å². The molecule has 0 saturated carbocycles. The van der Waals surface area contributed by atoms with E-state index in [9.17, 15) is 0 Å². The molecule has 57 heavy (non-hydrogen) atoms. The van der Waals surface area contributed by atoms with Crippen molar-refractivity contribution in [2.45, 2.75) is 142 Å². The first-order valence-electron chi connectivity index (χ1n) is 16.9. The molecule has 0 bridgehead atoms. The molecule has 0 aromatic rings. The van der Waals surface area contributed by atoms with Gasteiger partial charge in [0.05, 0.1) is 27.2 Å². The van der Waals surface area contributed by atoms with Crippen molar-refractivity contribution in [3.05, 3.63) is 0 Å². The van der Waals surface area contributed by atoms with Gasteiger partial charge in [0, 0.05) is 0 Å². The number of hydrogen-bond acceptors (Lipinski definition) is 24. The first kappa shape index (κ1) is 72.6. The Bertz CT molecular complexity index is 1240. The minimum atomic E-state index is -6.02. The van der Waals surface area contributed by atoms with Crippen molar-refractivity contribution in [2.75, 3.05) is 27.2 Å². The number of rotatable bonds is 22. The third-order valence-corrected chi connectivity index (χ3v) is 6.23. The van der Waals surface area contributed by atoms with Crippen molar-refractivity contribution < 1.29 is 191 Å². The summed E-state index contributed by atoms with van der Waals surface area (Å²) in [5.41, 5.74) is 0. The van der Waals surface area contributed by atoms with E-state index in [1.807, 2.05) is 0 Å². The molecule has 31 heteroatoms.